The zero-order valence-corrected chi connectivity index (χ0v) is 7.17. The molecule has 0 aliphatic rings. The van der Waals surface area contributed by atoms with Gasteiger partial charge in [-0.3, -0.25) is 0 Å². The van der Waals surface area contributed by atoms with Crippen molar-refractivity contribution in [1.82, 2.24) is 0 Å². The highest BCUT2D eigenvalue weighted by molar-refractivity contribution is 5.01. The molecule has 0 aromatic heterocycles. The molecule has 0 saturated heterocycles. The van der Waals surface area contributed by atoms with Gasteiger partial charge in [0.15, 0.2) is 0 Å². The summed E-state index contributed by atoms with van der Waals surface area (Å²) in [6.45, 7) is -0.653. The fourth-order valence-corrected chi connectivity index (χ4v) is 0.762. The van der Waals surface area contributed by atoms with Crippen LogP contribution in [0, 0.1) is 0 Å². The van der Waals surface area contributed by atoms with E-state index >= 15 is 0 Å². The third-order valence-corrected chi connectivity index (χ3v) is 1.56. The summed E-state index contributed by atoms with van der Waals surface area (Å²) in [6.07, 6.45) is -3.35. The van der Waals surface area contributed by atoms with E-state index in [1.54, 1.807) is 0 Å². The maximum Gasteiger partial charge on any atom is 0.139 e. The van der Waals surface area contributed by atoms with E-state index < -0.39 is 30.7 Å². The Balaban J connectivity index is 4.22. The van der Waals surface area contributed by atoms with E-state index in [1.165, 1.54) is 6.08 Å². The lowest BCUT2D eigenvalue weighted by Crippen LogP contribution is -2.40. The summed E-state index contributed by atoms with van der Waals surface area (Å²) in [4.78, 5) is 0. The Morgan fingerprint density at radius 3 is 2.54 bits per heavy atom. The Hall–Kier alpha value is -0.620. The molecule has 0 aliphatic carbocycles. The van der Waals surface area contributed by atoms with Gasteiger partial charge >= 0.3 is 0 Å². The third kappa shape index (κ3) is 3.73. The first-order valence-corrected chi connectivity index (χ1v) is 3.87. The van der Waals surface area contributed by atoms with Crippen molar-refractivity contribution in [2.24, 2.45) is 0 Å². The number of aliphatic hydroxyl groups is 5. The van der Waals surface area contributed by atoms with E-state index in [1.807, 2.05) is 0 Å². The molecule has 13 heavy (non-hydrogen) atoms. The quantitative estimate of drug-likeness (QED) is 0.357. The summed E-state index contributed by atoms with van der Waals surface area (Å²) in [5.74, 6) is -0.503. The summed E-state index contributed by atoms with van der Waals surface area (Å²) < 4.78 is 6.78. The van der Waals surface area contributed by atoms with Crippen LogP contribution < -0.4 is 0 Å². The number of aliphatic hydroxyl groups excluding tert-OH is 5. The second kappa shape index (κ2) is 5.93. The second-order valence-electron chi connectivity index (χ2n) is 2.60. The van der Waals surface area contributed by atoms with Crippen LogP contribution in [0.25, 0.3) is 0 Å². The lowest BCUT2D eigenvalue weighted by atomic mass is 10.1. The highest BCUT2D eigenvalue weighted by atomic mass is 16.4. The van der Waals surface area contributed by atoms with Gasteiger partial charge in [-0.15, -0.1) is 0 Å². The first-order valence-electron chi connectivity index (χ1n) is 4.58. The largest absolute Gasteiger partial charge is 0.510 e. The molecule has 0 heterocycles. The van der Waals surface area contributed by atoms with Crippen molar-refractivity contribution < 1.29 is 26.9 Å². The van der Waals surface area contributed by atoms with Crippen LogP contribution in [0.15, 0.2) is 11.8 Å². The topological polar surface area (TPSA) is 101 Å². The average Bonchev–Trinajstić information content (AvgIpc) is 2.22. The molecule has 0 saturated carbocycles. The SMILES string of the molecule is [2H]CCC=C(O)[C@@H](O)[C@H](O)[C@H](O)CO. The summed E-state index contributed by atoms with van der Waals surface area (Å²) in [7, 11) is 0. The lowest BCUT2D eigenvalue weighted by molar-refractivity contribution is -0.0742. The molecule has 0 bridgehead atoms. The minimum absolute atomic E-state index is 0.0510. The van der Waals surface area contributed by atoms with Crippen molar-refractivity contribution >= 4 is 0 Å². The Morgan fingerprint density at radius 2 is 2.08 bits per heavy atom. The van der Waals surface area contributed by atoms with Crippen LogP contribution in [0.4, 0.5) is 0 Å². The minimum atomic E-state index is -1.64. The first-order chi connectivity index (χ1) is 6.54. The standard InChI is InChI=1S/C8H16O5/c1-2-3-5(10)7(12)8(13)6(11)4-9/h3,6-13H,2,4H2,1H3/t6-,7-,8-/m1/s1/i1D. The van der Waals surface area contributed by atoms with Crippen molar-refractivity contribution in [2.45, 2.75) is 31.6 Å². The zero-order valence-electron chi connectivity index (χ0n) is 8.17. The molecule has 78 valence electrons. The van der Waals surface area contributed by atoms with E-state index in [-0.39, 0.29) is 13.3 Å². The Labute approximate surface area is 78.0 Å². The maximum absolute atomic E-state index is 9.21. The van der Waals surface area contributed by atoms with Crippen molar-refractivity contribution in [3.8, 4) is 0 Å². The van der Waals surface area contributed by atoms with Gasteiger partial charge in [0.25, 0.3) is 0 Å². The van der Waals surface area contributed by atoms with Crippen LogP contribution in [-0.2, 0) is 0 Å². The van der Waals surface area contributed by atoms with Crippen molar-refractivity contribution in [3.05, 3.63) is 11.8 Å². The van der Waals surface area contributed by atoms with Crippen LogP contribution in [0.5, 0.6) is 0 Å². The van der Waals surface area contributed by atoms with Crippen LogP contribution >= 0.6 is 0 Å². The smallest absolute Gasteiger partial charge is 0.139 e. The monoisotopic (exact) mass is 193 g/mol. The molecule has 3 atom stereocenters. The Kier molecular flexibility index (Phi) is 4.77. The predicted molar refractivity (Wildman–Crippen MR) is 46.1 cm³/mol. The zero-order chi connectivity index (χ0) is 11.1. The van der Waals surface area contributed by atoms with Gasteiger partial charge in [-0.25, -0.2) is 0 Å². The van der Waals surface area contributed by atoms with Crippen LogP contribution in [0.3, 0.4) is 0 Å². The lowest BCUT2D eigenvalue weighted by Gasteiger charge is -2.20. The van der Waals surface area contributed by atoms with Crippen molar-refractivity contribution in [3.63, 3.8) is 0 Å². The van der Waals surface area contributed by atoms with Gasteiger partial charge in [-0.2, -0.15) is 0 Å². The molecular formula is C8H16O5. The summed E-state index contributed by atoms with van der Waals surface area (Å²) >= 11 is 0. The van der Waals surface area contributed by atoms with Gasteiger partial charge < -0.3 is 25.5 Å². The Bertz CT molecular complexity index is 185. The van der Waals surface area contributed by atoms with E-state index in [0.717, 1.165) is 0 Å². The van der Waals surface area contributed by atoms with Crippen LogP contribution in [-0.4, -0.2) is 50.5 Å². The fraction of sp³-hybridized carbons (Fsp3) is 0.750. The molecule has 0 rings (SSSR count). The van der Waals surface area contributed by atoms with Gasteiger partial charge in [0.05, 0.1) is 6.61 Å². The van der Waals surface area contributed by atoms with E-state index in [2.05, 4.69) is 0 Å². The molecule has 0 unspecified atom stereocenters. The Morgan fingerprint density at radius 1 is 1.46 bits per heavy atom. The van der Waals surface area contributed by atoms with Gasteiger partial charge in [-0.05, 0) is 12.5 Å². The average molecular weight is 193 g/mol. The molecule has 5 heteroatoms. The number of allylic oxidation sites excluding steroid dienone is 1. The number of hydrogen-bond acceptors (Lipinski definition) is 5. The van der Waals surface area contributed by atoms with Gasteiger partial charge in [0.1, 0.15) is 24.1 Å². The molecule has 0 spiro atoms. The van der Waals surface area contributed by atoms with Crippen molar-refractivity contribution in [1.29, 1.82) is 0 Å². The highest BCUT2D eigenvalue weighted by Gasteiger charge is 2.26. The molecule has 0 aromatic carbocycles. The second-order valence-corrected chi connectivity index (χ2v) is 2.60. The minimum Gasteiger partial charge on any atom is -0.510 e. The molecule has 0 fully saturated rings. The number of hydrogen-bond donors (Lipinski definition) is 5. The maximum atomic E-state index is 9.21. The third-order valence-electron chi connectivity index (χ3n) is 1.56. The molecular weight excluding hydrogens is 176 g/mol. The van der Waals surface area contributed by atoms with Crippen LogP contribution in [0.1, 0.15) is 14.7 Å². The van der Waals surface area contributed by atoms with E-state index in [4.69, 9.17) is 21.8 Å². The molecule has 5 N–H and O–H groups in total. The number of rotatable bonds is 5. The van der Waals surface area contributed by atoms with Gasteiger partial charge in [0, 0.05) is 1.37 Å². The molecule has 0 aliphatic heterocycles. The summed E-state index contributed by atoms with van der Waals surface area (Å²) in [5, 5.41) is 44.9. The molecule has 0 aromatic rings. The van der Waals surface area contributed by atoms with Gasteiger partial charge in [-0.1, -0.05) is 6.90 Å². The molecule has 5 nitrogen and oxygen atoms in total. The normalized spacial score (nSPS) is 20.6. The molecule has 0 amide bonds. The van der Waals surface area contributed by atoms with E-state index in [0.29, 0.717) is 0 Å². The van der Waals surface area contributed by atoms with Gasteiger partial charge in [0.2, 0.25) is 0 Å². The van der Waals surface area contributed by atoms with E-state index in [9.17, 15) is 5.11 Å². The predicted octanol–water partition coefficient (Wildman–Crippen LogP) is -1.09. The summed E-state index contributed by atoms with van der Waals surface area (Å²) in [6, 6.07) is 0. The fourth-order valence-electron chi connectivity index (χ4n) is 0.762. The van der Waals surface area contributed by atoms with Crippen LogP contribution in [0.2, 0.25) is 0 Å². The highest BCUT2D eigenvalue weighted by Crippen LogP contribution is 2.08. The van der Waals surface area contributed by atoms with Crippen molar-refractivity contribution in [2.75, 3.05) is 6.61 Å². The summed E-state index contributed by atoms with van der Waals surface area (Å²) in [5.41, 5.74) is 0. The first kappa shape index (κ1) is 10.5. The molecule has 0 radical (unpaired) electrons.